The third-order valence-corrected chi connectivity index (χ3v) is 16.0. The Morgan fingerprint density at radius 3 is 1.39 bits per heavy atom. The van der Waals surface area contributed by atoms with Crippen LogP contribution in [0, 0.1) is 35.5 Å². The molecule has 4 aromatic heterocycles. The monoisotopic (exact) mass is 920 g/mol. The fourth-order valence-corrected chi connectivity index (χ4v) is 11.0. The molecule has 0 aromatic carbocycles. The van der Waals surface area contributed by atoms with Crippen molar-refractivity contribution in [3.05, 3.63) is 33.5 Å². The second-order valence-corrected chi connectivity index (χ2v) is 34.9. The molecule has 16 heteroatoms. The highest BCUT2D eigenvalue weighted by Gasteiger charge is 2.41. The molecule has 0 spiro atoms. The molecule has 2 saturated heterocycles. The lowest BCUT2D eigenvalue weighted by Gasteiger charge is -2.28. The number of fused-ring (bicyclic) bond motifs is 2. The van der Waals surface area contributed by atoms with Gasteiger partial charge in [0.15, 0.2) is 0 Å². The molecule has 0 bridgehead atoms. The van der Waals surface area contributed by atoms with Crippen molar-refractivity contribution >= 4 is 71.7 Å². The van der Waals surface area contributed by atoms with E-state index in [9.17, 15) is 9.59 Å². The van der Waals surface area contributed by atoms with E-state index in [0.717, 1.165) is 67.0 Å². The minimum atomic E-state index is -1.29. The maximum Gasteiger partial charge on any atom is 0.410 e. The lowest BCUT2D eigenvalue weighted by atomic mass is 10.1. The predicted molar refractivity (Wildman–Crippen MR) is 256 cm³/mol. The fraction of sp³-hybridized carbons (Fsp3) is 0.652. The van der Waals surface area contributed by atoms with Gasteiger partial charge in [0, 0.05) is 42.5 Å². The summed E-state index contributed by atoms with van der Waals surface area (Å²) in [4.78, 5) is 44.1. The molecule has 0 radical (unpaired) electrons. The van der Waals surface area contributed by atoms with Gasteiger partial charge in [-0.1, -0.05) is 53.1 Å². The molecule has 2 aliphatic rings. The summed E-state index contributed by atoms with van der Waals surface area (Å²) in [5.41, 5.74) is 0.695. The van der Waals surface area contributed by atoms with Crippen molar-refractivity contribution in [2.24, 2.45) is 11.8 Å². The Hall–Kier alpha value is -3.65. The molecule has 0 N–H and O–H groups in total. The highest BCUT2D eigenvalue weighted by atomic mass is 32.1. The Morgan fingerprint density at radius 1 is 0.677 bits per heavy atom. The van der Waals surface area contributed by atoms with E-state index in [1.54, 1.807) is 0 Å². The number of imidazole rings is 2. The number of aromatic nitrogens is 4. The van der Waals surface area contributed by atoms with Crippen LogP contribution in [0.25, 0.3) is 20.7 Å². The largest absolute Gasteiger partial charge is 0.444 e. The van der Waals surface area contributed by atoms with E-state index in [2.05, 4.69) is 98.1 Å². The Balaban J connectivity index is 1.26. The van der Waals surface area contributed by atoms with Crippen LogP contribution >= 0.6 is 22.7 Å². The number of hydrogen-bond acceptors (Lipinski definition) is 10. The van der Waals surface area contributed by atoms with Crippen LogP contribution in [0.3, 0.4) is 0 Å². The molecule has 2 aliphatic heterocycles. The first kappa shape index (κ1) is 47.8. The summed E-state index contributed by atoms with van der Waals surface area (Å²) in [6.07, 6.45) is 0.967. The molecule has 4 atom stereocenters. The number of likely N-dealkylation sites (tertiary alicyclic amines) is 2. The number of amides is 2. The molecule has 12 nitrogen and oxygen atoms in total. The molecule has 62 heavy (non-hydrogen) atoms. The van der Waals surface area contributed by atoms with Crippen LogP contribution in [0.4, 0.5) is 9.59 Å². The lowest BCUT2D eigenvalue weighted by Crippen LogP contribution is -2.37. The number of carbonyl (C=O) groups is 2. The Morgan fingerprint density at radius 2 is 1.05 bits per heavy atom. The van der Waals surface area contributed by atoms with E-state index in [-0.39, 0.29) is 24.3 Å². The van der Waals surface area contributed by atoms with Gasteiger partial charge < -0.3 is 28.1 Å². The minimum absolute atomic E-state index is 0.216. The number of thiophene rings is 2. The quantitative estimate of drug-likeness (QED) is 0.0784. The van der Waals surface area contributed by atoms with Crippen LogP contribution in [-0.4, -0.2) is 94.7 Å². The summed E-state index contributed by atoms with van der Waals surface area (Å²) in [5.74, 6) is 14.9. The van der Waals surface area contributed by atoms with Gasteiger partial charge >= 0.3 is 12.2 Å². The van der Waals surface area contributed by atoms with E-state index in [1.807, 2.05) is 51.3 Å². The smallest absolute Gasteiger partial charge is 0.410 e. The zero-order valence-corrected chi connectivity index (χ0v) is 43.1. The molecule has 6 rings (SSSR count). The average Bonchev–Trinajstić information content (AvgIpc) is 3.96. The molecule has 2 amide bonds. The molecule has 4 aromatic rings. The summed E-state index contributed by atoms with van der Waals surface area (Å²) in [7, 11) is -2.58. The van der Waals surface area contributed by atoms with Crippen molar-refractivity contribution in [3.8, 4) is 23.7 Å². The van der Waals surface area contributed by atoms with E-state index in [4.69, 9.17) is 28.9 Å². The van der Waals surface area contributed by atoms with Gasteiger partial charge in [-0.2, -0.15) is 0 Å². The van der Waals surface area contributed by atoms with Crippen molar-refractivity contribution in [2.75, 3.05) is 26.3 Å². The molecular formula is C46H68N6O6S2Si2. The van der Waals surface area contributed by atoms with Crippen LogP contribution in [-0.2, 0) is 32.4 Å². The highest BCUT2D eigenvalue weighted by molar-refractivity contribution is 7.19. The van der Waals surface area contributed by atoms with E-state index in [1.165, 1.54) is 22.7 Å². The van der Waals surface area contributed by atoms with Gasteiger partial charge in [0.1, 0.15) is 46.0 Å². The van der Waals surface area contributed by atoms with Gasteiger partial charge in [-0.15, -0.1) is 22.7 Å². The van der Waals surface area contributed by atoms with E-state index < -0.39 is 27.3 Å². The van der Waals surface area contributed by atoms with E-state index >= 15 is 0 Å². The molecule has 0 saturated carbocycles. The first-order chi connectivity index (χ1) is 28.8. The zero-order valence-electron chi connectivity index (χ0n) is 39.5. The van der Waals surface area contributed by atoms with Crippen LogP contribution in [0.15, 0.2) is 12.1 Å². The van der Waals surface area contributed by atoms with Gasteiger partial charge in [0.05, 0.1) is 32.9 Å². The summed E-state index contributed by atoms with van der Waals surface area (Å²) in [6.45, 7) is 33.0. The number of nitrogens with zero attached hydrogens (tertiary/aromatic N) is 6. The van der Waals surface area contributed by atoms with Crippen LogP contribution in [0.1, 0.15) is 102 Å². The van der Waals surface area contributed by atoms with Crippen molar-refractivity contribution < 1.29 is 28.5 Å². The normalized spacial score (nSPS) is 19.8. The first-order valence-electron chi connectivity index (χ1n) is 22.0. The van der Waals surface area contributed by atoms with Crippen LogP contribution in [0.5, 0.6) is 0 Å². The molecular weight excluding hydrogens is 853 g/mol. The SMILES string of the molecule is C[C@H]1CC(c2nc3sc(C#CC#Cc4cc5c(nc(C6C[C@H](C)CN6C(=O)OC(C)(C)C)n5COCC[Si](C)(C)C)s4)cc3n2COCC[Si](C)(C)C)N(C(=O)OC(C)(C)C)C1. The number of rotatable bonds is 12. The third-order valence-electron chi connectivity index (χ3n) is 10.7. The van der Waals surface area contributed by atoms with Gasteiger partial charge in [0.2, 0.25) is 0 Å². The molecule has 338 valence electrons. The highest BCUT2D eigenvalue weighted by Crippen LogP contribution is 2.40. The van der Waals surface area contributed by atoms with E-state index in [0.29, 0.717) is 51.6 Å². The van der Waals surface area contributed by atoms with Gasteiger partial charge in [-0.25, -0.2) is 19.6 Å². The van der Waals surface area contributed by atoms with Crippen molar-refractivity contribution in [1.29, 1.82) is 0 Å². The fourth-order valence-electron chi connectivity index (χ4n) is 7.65. The predicted octanol–water partition coefficient (Wildman–Crippen LogP) is 11.2. The summed E-state index contributed by atoms with van der Waals surface area (Å²) < 4.78 is 28.5. The van der Waals surface area contributed by atoms with Crippen molar-refractivity contribution in [3.63, 3.8) is 0 Å². The molecule has 0 aliphatic carbocycles. The third kappa shape index (κ3) is 12.5. The second kappa shape index (κ2) is 18.8. The zero-order chi connectivity index (χ0) is 45.4. The number of hydrogen-bond donors (Lipinski definition) is 0. The minimum Gasteiger partial charge on any atom is -0.444 e. The maximum absolute atomic E-state index is 13.4. The van der Waals surface area contributed by atoms with Gasteiger partial charge in [-0.3, -0.25) is 9.80 Å². The molecule has 2 unspecified atom stereocenters. The standard InChI is InChI=1S/C46H68N6O6S2Si2/c1-31-23-35(49(27-31)43(53)57-45(3,4)5)39-47-41-37(51(39)29-55-19-21-61(9,10)11)25-33(59-41)17-15-16-18-34-26-38-42(60-34)48-40(52(38)30-56-20-22-62(12,13)14)36-24-32(2)28-50(36)44(54)58-46(6,7)8/h25-26,31-32,35-36H,19-24,27-30H2,1-14H3/t31-,32-,35?,36?/m0/s1. The van der Waals surface area contributed by atoms with Gasteiger partial charge in [-0.05, 0) is 114 Å². The van der Waals surface area contributed by atoms with Crippen LogP contribution in [0.2, 0.25) is 51.4 Å². The molecule has 6 heterocycles. The topological polar surface area (TPSA) is 113 Å². The summed E-state index contributed by atoms with van der Waals surface area (Å²) in [5, 5.41) is 0. The van der Waals surface area contributed by atoms with Crippen molar-refractivity contribution in [2.45, 2.75) is 156 Å². The summed E-state index contributed by atoms with van der Waals surface area (Å²) >= 11 is 3.04. The molecule has 2 fully saturated rings. The first-order valence-corrected chi connectivity index (χ1v) is 31.1. The lowest BCUT2D eigenvalue weighted by molar-refractivity contribution is 0.0192. The maximum atomic E-state index is 13.4. The average molecular weight is 921 g/mol. The Labute approximate surface area is 379 Å². The Kier molecular flexibility index (Phi) is 14.5. The van der Waals surface area contributed by atoms with Gasteiger partial charge in [0.25, 0.3) is 0 Å². The summed E-state index contributed by atoms with van der Waals surface area (Å²) in [6, 6.07) is 5.80. The number of carbonyl (C=O) groups excluding carboxylic acids is 2. The second-order valence-electron chi connectivity index (χ2n) is 21.6. The Bertz CT molecular complexity index is 2200. The number of ether oxygens (including phenoxy) is 4. The van der Waals surface area contributed by atoms with Crippen molar-refractivity contribution in [1.82, 2.24) is 28.9 Å². The van der Waals surface area contributed by atoms with Crippen LogP contribution < -0.4 is 0 Å².